The highest BCUT2D eigenvalue weighted by Crippen LogP contribution is 2.39. The van der Waals surface area contributed by atoms with Crippen molar-refractivity contribution in [2.75, 3.05) is 18.4 Å². The lowest BCUT2D eigenvalue weighted by atomic mass is 9.90. The van der Waals surface area contributed by atoms with Crippen LogP contribution in [0.2, 0.25) is 0 Å². The third kappa shape index (κ3) is 5.20. The molecular formula is C31H29F3N6O. The number of aromatic nitrogens is 2. The third-order valence-electron chi connectivity index (χ3n) is 8.01. The molecule has 210 valence electrons. The van der Waals surface area contributed by atoms with E-state index in [9.17, 15) is 18.8 Å². The number of aromatic amines is 1. The first-order valence-corrected chi connectivity index (χ1v) is 13.9. The highest BCUT2D eigenvalue weighted by molar-refractivity contribution is 5.98. The molecule has 0 bridgehead atoms. The fraction of sp³-hybridized carbons (Fsp3) is 0.323. The van der Waals surface area contributed by atoms with Crippen LogP contribution in [-0.4, -0.2) is 46.1 Å². The molecule has 1 saturated heterocycles. The van der Waals surface area contributed by atoms with Gasteiger partial charge in [-0.1, -0.05) is 30.3 Å². The summed E-state index contributed by atoms with van der Waals surface area (Å²) in [5.41, 5.74) is 0.961. The van der Waals surface area contributed by atoms with Gasteiger partial charge in [0.25, 0.3) is 0 Å². The summed E-state index contributed by atoms with van der Waals surface area (Å²) in [7, 11) is 0. The monoisotopic (exact) mass is 558 g/mol. The number of H-pyrrole nitrogens is 1. The Morgan fingerprint density at radius 2 is 1.80 bits per heavy atom. The summed E-state index contributed by atoms with van der Waals surface area (Å²) in [4.78, 5) is 21.9. The lowest BCUT2D eigenvalue weighted by Gasteiger charge is -2.32. The number of hydrogen-bond acceptors (Lipinski definition) is 4. The predicted octanol–water partition coefficient (Wildman–Crippen LogP) is 6.71. The topological polar surface area (TPSA) is 96.8 Å². The SMILES string of the molecule is N#Cc1c(-c2c[nH]c3c(F)cc(F)cc23)nc(N[C@H]2CCC[C@@H](NC(=O)N3CCCC3)C2)c(F)c1-c1ccccc1. The van der Waals surface area contributed by atoms with Crippen LogP contribution in [0.25, 0.3) is 33.3 Å². The van der Waals surface area contributed by atoms with Crippen molar-refractivity contribution in [2.24, 2.45) is 0 Å². The zero-order chi connectivity index (χ0) is 28.5. The molecule has 4 aromatic rings. The van der Waals surface area contributed by atoms with Crippen LogP contribution in [0.3, 0.4) is 0 Å². The first-order chi connectivity index (χ1) is 19.9. The summed E-state index contributed by atoms with van der Waals surface area (Å²) in [5.74, 6) is -2.29. The number of hydrogen-bond donors (Lipinski definition) is 3. The van der Waals surface area contributed by atoms with Gasteiger partial charge in [0.15, 0.2) is 11.6 Å². The van der Waals surface area contributed by atoms with Crippen LogP contribution in [0.4, 0.5) is 23.8 Å². The van der Waals surface area contributed by atoms with Gasteiger partial charge < -0.3 is 20.5 Å². The van der Waals surface area contributed by atoms with Crippen molar-refractivity contribution in [1.82, 2.24) is 20.2 Å². The van der Waals surface area contributed by atoms with Crippen LogP contribution in [-0.2, 0) is 0 Å². The molecule has 0 unspecified atom stereocenters. The van der Waals surface area contributed by atoms with Gasteiger partial charge in [0.1, 0.15) is 17.7 Å². The number of nitrogens with zero attached hydrogens (tertiary/aromatic N) is 3. The van der Waals surface area contributed by atoms with Gasteiger partial charge in [-0.05, 0) is 50.2 Å². The smallest absolute Gasteiger partial charge is 0.317 e. The molecule has 0 spiro atoms. The maximum atomic E-state index is 16.3. The molecule has 10 heteroatoms. The first kappa shape index (κ1) is 26.7. The van der Waals surface area contributed by atoms with E-state index in [1.807, 2.05) is 4.90 Å². The predicted molar refractivity (Wildman–Crippen MR) is 151 cm³/mol. The van der Waals surface area contributed by atoms with Gasteiger partial charge in [-0.2, -0.15) is 5.26 Å². The minimum atomic E-state index is -0.780. The quantitative estimate of drug-likeness (QED) is 0.254. The highest BCUT2D eigenvalue weighted by Gasteiger charge is 2.29. The second-order valence-electron chi connectivity index (χ2n) is 10.7. The van der Waals surface area contributed by atoms with Gasteiger partial charge in [-0.25, -0.2) is 22.9 Å². The summed E-state index contributed by atoms with van der Waals surface area (Å²) in [6.45, 7) is 1.51. The zero-order valence-electron chi connectivity index (χ0n) is 22.3. The average molecular weight is 559 g/mol. The molecule has 2 aromatic heterocycles. The van der Waals surface area contributed by atoms with Crippen molar-refractivity contribution < 1.29 is 18.0 Å². The van der Waals surface area contributed by atoms with E-state index in [0.717, 1.165) is 51.3 Å². The molecule has 2 fully saturated rings. The van der Waals surface area contributed by atoms with Crippen molar-refractivity contribution in [3.63, 3.8) is 0 Å². The third-order valence-corrected chi connectivity index (χ3v) is 8.01. The number of carbonyl (C=O) groups is 1. The number of fused-ring (bicyclic) bond motifs is 1. The van der Waals surface area contributed by atoms with Crippen molar-refractivity contribution in [3.8, 4) is 28.5 Å². The Kier molecular flexibility index (Phi) is 7.26. The minimum absolute atomic E-state index is 0.0378. The number of nitrogens with one attached hydrogen (secondary N) is 3. The molecule has 1 aliphatic heterocycles. The van der Waals surface area contributed by atoms with Crippen molar-refractivity contribution in [3.05, 3.63) is 71.7 Å². The maximum absolute atomic E-state index is 16.3. The lowest BCUT2D eigenvalue weighted by molar-refractivity contribution is 0.199. The number of halogens is 3. The summed E-state index contributed by atoms with van der Waals surface area (Å²) in [6.07, 6.45) is 6.46. The molecule has 1 saturated carbocycles. The lowest BCUT2D eigenvalue weighted by Crippen LogP contribution is -2.47. The number of likely N-dealkylation sites (tertiary alicyclic amines) is 1. The number of nitriles is 1. The molecule has 3 N–H and O–H groups in total. The number of pyridine rings is 1. The van der Waals surface area contributed by atoms with Crippen LogP contribution < -0.4 is 10.6 Å². The second kappa shape index (κ2) is 11.2. The van der Waals surface area contributed by atoms with Crippen LogP contribution in [0.5, 0.6) is 0 Å². The van der Waals surface area contributed by atoms with Gasteiger partial charge in [-0.15, -0.1) is 0 Å². The van der Waals surface area contributed by atoms with Crippen LogP contribution >= 0.6 is 0 Å². The van der Waals surface area contributed by atoms with Crippen molar-refractivity contribution in [1.29, 1.82) is 5.26 Å². The van der Waals surface area contributed by atoms with E-state index >= 15 is 4.39 Å². The van der Waals surface area contributed by atoms with Crippen LogP contribution in [0, 0.1) is 28.8 Å². The highest BCUT2D eigenvalue weighted by atomic mass is 19.1. The summed E-state index contributed by atoms with van der Waals surface area (Å²) < 4.78 is 45.0. The van der Waals surface area contributed by atoms with E-state index < -0.39 is 17.5 Å². The van der Waals surface area contributed by atoms with Crippen molar-refractivity contribution in [2.45, 2.75) is 50.6 Å². The number of amides is 2. The van der Waals surface area contributed by atoms with Crippen LogP contribution in [0.1, 0.15) is 44.1 Å². The molecule has 2 aliphatic rings. The normalized spacial score (nSPS) is 18.8. The zero-order valence-corrected chi connectivity index (χ0v) is 22.3. The van der Waals surface area contributed by atoms with E-state index in [4.69, 9.17) is 0 Å². The summed E-state index contributed by atoms with van der Waals surface area (Å²) >= 11 is 0. The number of rotatable bonds is 5. The van der Waals surface area contributed by atoms with E-state index in [-0.39, 0.29) is 57.2 Å². The number of carbonyl (C=O) groups excluding carboxylic acids is 1. The van der Waals surface area contributed by atoms with Gasteiger partial charge in [0.2, 0.25) is 0 Å². The fourth-order valence-electron chi connectivity index (χ4n) is 6.02. The fourth-order valence-corrected chi connectivity index (χ4v) is 6.02. The van der Waals surface area contributed by atoms with E-state index in [1.54, 1.807) is 30.3 Å². The molecule has 2 atom stereocenters. The molecular weight excluding hydrogens is 529 g/mol. The molecule has 2 amide bonds. The maximum Gasteiger partial charge on any atom is 0.317 e. The van der Waals surface area contributed by atoms with E-state index in [0.29, 0.717) is 12.0 Å². The van der Waals surface area contributed by atoms with E-state index in [2.05, 4.69) is 26.7 Å². The van der Waals surface area contributed by atoms with Gasteiger partial charge in [0, 0.05) is 53.9 Å². The Hall–Kier alpha value is -4.52. The van der Waals surface area contributed by atoms with Gasteiger partial charge in [0.05, 0.1) is 16.8 Å². The van der Waals surface area contributed by atoms with Crippen LogP contribution in [0.15, 0.2) is 48.7 Å². The molecule has 0 radical (unpaired) electrons. The van der Waals surface area contributed by atoms with Gasteiger partial charge in [-0.3, -0.25) is 0 Å². The molecule has 41 heavy (non-hydrogen) atoms. The number of benzene rings is 2. The van der Waals surface area contributed by atoms with Crippen molar-refractivity contribution >= 4 is 22.8 Å². The molecule has 2 aromatic carbocycles. The molecule has 1 aliphatic carbocycles. The Bertz CT molecular complexity index is 1640. The summed E-state index contributed by atoms with van der Waals surface area (Å²) in [6, 6.07) is 12.4. The molecule has 3 heterocycles. The standard InChI is InChI=1S/C31H29F3N6O/c32-19-13-22-24(17-36-29(22)25(33)14-19)28-23(16-35)26(18-7-2-1-3-8-18)27(34)30(39-28)37-20-9-6-10-21(15-20)38-31(41)40-11-4-5-12-40/h1-3,7-8,13-14,17,20-21,36H,4-6,9-12,15H2,(H,37,39)(H,38,41)/t20-,21+/m0/s1. The summed E-state index contributed by atoms with van der Waals surface area (Å²) in [5, 5.41) is 16.8. The Balaban J connectivity index is 1.39. The average Bonchev–Trinajstić information content (AvgIpc) is 3.66. The first-order valence-electron chi connectivity index (χ1n) is 13.9. The number of urea groups is 1. The molecule has 7 nitrogen and oxygen atoms in total. The largest absolute Gasteiger partial charge is 0.365 e. The Labute approximate surface area is 235 Å². The second-order valence-corrected chi connectivity index (χ2v) is 10.7. The van der Waals surface area contributed by atoms with E-state index in [1.165, 1.54) is 12.3 Å². The molecule has 6 rings (SSSR count). The van der Waals surface area contributed by atoms with Gasteiger partial charge >= 0.3 is 6.03 Å². The minimum Gasteiger partial charge on any atom is -0.365 e. The number of anilines is 1. The Morgan fingerprint density at radius 1 is 1.05 bits per heavy atom. The Morgan fingerprint density at radius 3 is 2.56 bits per heavy atom.